The van der Waals surface area contributed by atoms with Gasteiger partial charge >= 0.3 is 0 Å². The van der Waals surface area contributed by atoms with Crippen LogP contribution in [-0.2, 0) is 4.43 Å². The van der Waals surface area contributed by atoms with E-state index in [1.807, 2.05) is 12.1 Å². The standard InChI is InChI=1S/C14H15ClOSi/c15-11-12-16-17(13-7-3-1-4-8-13)14-9-5-2-6-10-14/h1-10,17H,11-12H2. The fourth-order valence-corrected chi connectivity index (χ4v) is 4.31. The van der Waals surface area contributed by atoms with Crippen molar-refractivity contribution in [2.45, 2.75) is 0 Å². The van der Waals surface area contributed by atoms with E-state index in [9.17, 15) is 0 Å². The first-order chi connectivity index (χ1) is 8.42. The van der Waals surface area contributed by atoms with Crippen molar-refractivity contribution in [2.75, 3.05) is 12.5 Å². The normalized spacial score (nSPS) is 10.7. The summed E-state index contributed by atoms with van der Waals surface area (Å²) in [6.45, 7) is 0.613. The van der Waals surface area contributed by atoms with Crippen LogP contribution in [-0.4, -0.2) is 21.5 Å². The Balaban J connectivity index is 2.26. The molecule has 0 fully saturated rings. The van der Waals surface area contributed by atoms with E-state index in [0.717, 1.165) is 0 Å². The van der Waals surface area contributed by atoms with Crippen molar-refractivity contribution in [3.8, 4) is 0 Å². The molecule has 0 aliphatic rings. The van der Waals surface area contributed by atoms with Crippen molar-refractivity contribution in [1.29, 1.82) is 0 Å². The number of hydrogen-bond donors (Lipinski definition) is 0. The van der Waals surface area contributed by atoms with E-state index in [-0.39, 0.29) is 0 Å². The maximum atomic E-state index is 5.97. The third kappa shape index (κ3) is 3.43. The highest BCUT2D eigenvalue weighted by atomic mass is 35.5. The second-order valence-electron chi connectivity index (χ2n) is 3.76. The zero-order valence-electron chi connectivity index (χ0n) is 9.55. The van der Waals surface area contributed by atoms with Crippen LogP contribution >= 0.6 is 11.6 Å². The predicted octanol–water partition coefficient (Wildman–Crippen LogP) is 1.78. The first-order valence-electron chi connectivity index (χ1n) is 5.69. The second-order valence-corrected chi connectivity index (χ2v) is 6.57. The average molecular weight is 263 g/mol. The summed E-state index contributed by atoms with van der Waals surface area (Å²) in [6, 6.07) is 20.8. The minimum absolute atomic E-state index is 0.545. The molecule has 0 unspecified atom stereocenters. The topological polar surface area (TPSA) is 9.23 Å². The quantitative estimate of drug-likeness (QED) is 0.590. The van der Waals surface area contributed by atoms with Gasteiger partial charge in [-0.1, -0.05) is 60.7 Å². The van der Waals surface area contributed by atoms with Gasteiger partial charge in [0, 0.05) is 12.5 Å². The third-order valence-electron chi connectivity index (χ3n) is 2.57. The van der Waals surface area contributed by atoms with Gasteiger partial charge in [-0.25, -0.2) is 0 Å². The molecule has 0 heterocycles. The van der Waals surface area contributed by atoms with Crippen LogP contribution in [0, 0.1) is 0 Å². The summed E-state index contributed by atoms with van der Waals surface area (Å²) in [5, 5.41) is 2.59. The third-order valence-corrected chi connectivity index (χ3v) is 5.27. The number of benzene rings is 2. The Morgan fingerprint density at radius 1 is 0.824 bits per heavy atom. The fraction of sp³-hybridized carbons (Fsp3) is 0.143. The van der Waals surface area contributed by atoms with Crippen LogP contribution in [0.2, 0.25) is 0 Å². The summed E-state index contributed by atoms with van der Waals surface area (Å²) < 4.78 is 5.97. The van der Waals surface area contributed by atoms with Gasteiger partial charge in [-0.3, -0.25) is 0 Å². The van der Waals surface area contributed by atoms with Crippen LogP contribution in [0.15, 0.2) is 60.7 Å². The molecule has 0 aliphatic carbocycles. The van der Waals surface area contributed by atoms with Crippen molar-refractivity contribution in [2.24, 2.45) is 0 Å². The summed E-state index contributed by atoms with van der Waals surface area (Å²) in [5.74, 6) is 0.545. The Hall–Kier alpha value is -1.09. The lowest BCUT2D eigenvalue weighted by molar-refractivity contribution is 0.360. The first-order valence-corrected chi connectivity index (χ1v) is 7.85. The molecule has 0 saturated heterocycles. The average Bonchev–Trinajstić information content (AvgIpc) is 2.42. The van der Waals surface area contributed by atoms with Gasteiger partial charge in [-0.2, -0.15) is 0 Å². The van der Waals surface area contributed by atoms with Crippen LogP contribution in [0.4, 0.5) is 0 Å². The van der Waals surface area contributed by atoms with Crippen LogP contribution in [0.5, 0.6) is 0 Å². The molecule has 2 aromatic carbocycles. The van der Waals surface area contributed by atoms with E-state index >= 15 is 0 Å². The molecule has 0 aromatic heterocycles. The monoisotopic (exact) mass is 262 g/mol. The van der Waals surface area contributed by atoms with Crippen molar-refractivity contribution in [3.05, 3.63) is 60.7 Å². The molecule has 0 spiro atoms. The summed E-state index contributed by atoms with van der Waals surface area (Å²) in [7, 11) is -1.55. The molecule has 0 bridgehead atoms. The van der Waals surface area contributed by atoms with Gasteiger partial charge in [0.25, 0.3) is 0 Å². The lowest BCUT2D eigenvalue weighted by Gasteiger charge is -2.16. The largest absolute Gasteiger partial charge is 0.410 e. The highest BCUT2D eigenvalue weighted by Gasteiger charge is 2.16. The maximum Gasteiger partial charge on any atom is 0.239 e. The van der Waals surface area contributed by atoms with E-state index in [4.69, 9.17) is 16.0 Å². The van der Waals surface area contributed by atoms with Crippen molar-refractivity contribution < 1.29 is 4.43 Å². The zero-order chi connectivity index (χ0) is 11.9. The van der Waals surface area contributed by atoms with E-state index in [1.165, 1.54) is 10.4 Å². The molecule has 2 aromatic rings. The molecule has 0 aliphatic heterocycles. The molecule has 3 heteroatoms. The van der Waals surface area contributed by atoms with Gasteiger partial charge in [0.2, 0.25) is 9.04 Å². The molecule has 0 saturated carbocycles. The van der Waals surface area contributed by atoms with Gasteiger partial charge in [-0.05, 0) is 10.4 Å². The second kappa shape index (κ2) is 6.60. The Kier molecular flexibility index (Phi) is 4.80. The molecule has 0 N–H and O–H groups in total. The van der Waals surface area contributed by atoms with Crippen LogP contribution in [0.1, 0.15) is 0 Å². The molecule has 0 radical (unpaired) electrons. The van der Waals surface area contributed by atoms with Crippen LogP contribution < -0.4 is 10.4 Å². The van der Waals surface area contributed by atoms with E-state index in [0.29, 0.717) is 12.5 Å². The number of rotatable bonds is 5. The van der Waals surface area contributed by atoms with Crippen LogP contribution in [0.25, 0.3) is 0 Å². The Morgan fingerprint density at radius 3 is 1.71 bits per heavy atom. The Labute approximate surface area is 109 Å². The first kappa shape index (κ1) is 12.4. The van der Waals surface area contributed by atoms with E-state index < -0.39 is 9.04 Å². The van der Waals surface area contributed by atoms with Gasteiger partial charge in [0.1, 0.15) is 0 Å². The van der Waals surface area contributed by atoms with E-state index in [1.54, 1.807) is 0 Å². The zero-order valence-corrected chi connectivity index (χ0v) is 11.5. The molecule has 2 rings (SSSR count). The highest BCUT2D eigenvalue weighted by molar-refractivity contribution is 6.80. The predicted molar refractivity (Wildman–Crippen MR) is 76.0 cm³/mol. The molecule has 0 atom stereocenters. The van der Waals surface area contributed by atoms with Crippen LogP contribution in [0.3, 0.4) is 0 Å². The minimum Gasteiger partial charge on any atom is -0.410 e. The molecular formula is C14H15ClOSi. The Morgan fingerprint density at radius 2 is 1.29 bits per heavy atom. The number of halogens is 1. The van der Waals surface area contributed by atoms with Gasteiger partial charge < -0.3 is 4.43 Å². The number of hydrogen-bond acceptors (Lipinski definition) is 1. The van der Waals surface area contributed by atoms with Crippen molar-refractivity contribution >= 4 is 31.0 Å². The molecule has 0 amide bonds. The lowest BCUT2D eigenvalue weighted by Crippen LogP contribution is -2.45. The molecular weight excluding hydrogens is 248 g/mol. The molecule has 88 valence electrons. The van der Waals surface area contributed by atoms with Crippen molar-refractivity contribution in [1.82, 2.24) is 0 Å². The summed E-state index contributed by atoms with van der Waals surface area (Å²) in [6.07, 6.45) is 0. The summed E-state index contributed by atoms with van der Waals surface area (Å²) in [5.41, 5.74) is 0. The minimum atomic E-state index is -1.55. The SMILES string of the molecule is ClCCO[SiH](c1ccccc1)c1ccccc1. The smallest absolute Gasteiger partial charge is 0.239 e. The molecule has 1 nitrogen and oxygen atoms in total. The maximum absolute atomic E-state index is 5.97. The highest BCUT2D eigenvalue weighted by Crippen LogP contribution is 1.95. The van der Waals surface area contributed by atoms with Gasteiger partial charge in [0.05, 0.1) is 0 Å². The number of alkyl halides is 1. The summed E-state index contributed by atoms with van der Waals surface area (Å²) >= 11 is 5.72. The Bertz CT molecular complexity index is 393. The van der Waals surface area contributed by atoms with Gasteiger partial charge in [-0.15, -0.1) is 11.6 Å². The lowest BCUT2D eigenvalue weighted by atomic mass is 10.4. The van der Waals surface area contributed by atoms with E-state index in [2.05, 4.69) is 48.5 Å². The fourth-order valence-electron chi connectivity index (χ4n) is 1.80. The summed E-state index contributed by atoms with van der Waals surface area (Å²) in [4.78, 5) is 0. The molecule has 17 heavy (non-hydrogen) atoms. The van der Waals surface area contributed by atoms with Crippen molar-refractivity contribution in [3.63, 3.8) is 0 Å². The van der Waals surface area contributed by atoms with Gasteiger partial charge in [0.15, 0.2) is 0 Å².